The highest BCUT2D eigenvalue weighted by Crippen LogP contribution is 2.26. The number of hydrogen-bond acceptors (Lipinski definition) is 5. The smallest absolute Gasteiger partial charge is 0.280 e. The van der Waals surface area contributed by atoms with Crippen molar-refractivity contribution in [2.75, 3.05) is 32.7 Å². The first-order valence-electron chi connectivity index (χ1n) is 10.0. The lowest BCUT2D eigenvalue weighted by atomic mass is 10.1. The summed E-state index contributed by atoms with van der Waals surface area (Å²) in [6.07, 6.45) is 4.93. The van der Waals surface area contributed by atoms with E-state index in [1.807, 2.05) is 23.6 Å². The lowest BCUT2D eigenvalue weighted by Gasteiger charge is -2.31. The summed E-state index contributed by atoms with van der Waals surface area (Å²) >= 11 is 0. The van der Waals surface area contributed by atoms with E-state index in [1.165, 1.54) is 6.42 Å². The molecule has 0 spiro atoms. The average Bonchev–Trinajstić information content (AvgIpc) is 2.91. The standard InChI is InChI=1S/C20H31N5O/c1-4-9-17(24-13-8-12-23(5-2)14-15-24)19-22-16-10-7-11-21-18(16)20(26)25(19)6-3/h7,10-11,17H,4-6,8-9,12-15H2,1-3H3. The van der Waals surface area contributed by atoms with Gasteiger partial charge in [0.15, 0.2) is 5.52 Å². The molecular formula is C20H31N5O. The Morgan fingerprint density at radius 1 is 1.12 bits per heavy atom. The van der Waals surface area contributed by atoms with Gasteiger partial charge in [-0.2, -0.15) is 0 Å². The van der Waals surface area contributed by atoms with Crippen molar-refractivity contribution in [2.45, 2.75) is 52.6 Å². The van der Waals surface area contributed by atoms with Gasteiger partial charge < -0.3 is 4.90 Å². The first-order chi connectivity index (χ1) is 12.7. The van der Waals surface area contributed by atoms with Crippen LogP contribution in [0.5, 0.6) is 0 Å². The molecule has 2 aromatic rings. The van der Waals surface area contributed by atoms with E-state index in [-0.39, 0.29) is 11.6 Å². The molecule has 6 heteroatoms. The topological polar surface area (TPSA) is 54.3 Å². The van der Waals surface area contributed by atoms with Crippen LogP contribution in [0, 0.1) is 0 Å². The van der Waals surface area contributed by atoms with E-state index in [2.05, 4.69) is 28.6 Å². The van der Waals surface area contributed by atoms with Crippen molar-refractivity contribution < 1.29 is 0 Å². The van der Waals surface area contributed by atoms with Crippen molar-refractivity contribution in [3.8, 4) is 0 Å². The minimum absolute atomic E-state index is 0.0146. The Hall–Kier alpha value is -1.79. The van der Waals surface area contributed by atoms with Crippen molar-refractivity contribution >= 4 is 11.0 Å². The van der Waals surface area contributed by atoms with E-state index in [0.29, 0.717) is 17.6 Å². The molecule has 0 aromatic carbocycles. The van der Waals surface area contributed by atoms with Gasteiger partial charge in [-0.15, -0.1) is 0 Å². The van der Waals surface area contributed by atoms with Gasteiger partial charge in [0.05, 0.1) is 11.6 Å². The van der Waals surface area contributed by atoms with Gasteiger partial charge >= 0.3 is 0 Å². The molecule has 1 unspecified atom stereocenters. The maximum atomic E-state index is 13.0. The summed E-state index contributed by atoms with van der Waals surface area (Å²) in [5, 5.41) is 0. The van der Waals surface area contributed by atoms with Crippen molar-refractivity contribution in [3.63, 3.8) is 0 Å². The molecule has 1 aliphatic heterocycles. The SMILES string of the molecule is CCCC(c1nc2cccnc2c(=O)n1CC)N1CCCN(CC)CC1. The fourth-order valence-corrected chi connectivity index (χ4v) is 3.99. The fourth-order valence-electron chi connectivity index (χ4n) is 3.99. The second-order valence-corrected chi connectivity index (χ2v) is 7.02. The molecule has 0 saturated carbocycles. The third kappa shape index (κ3) is 3.81. The van der Waals surface area contributed by atoms with Gasteiger partial charge in [0.2, 0.25) is 0 Å². The molecule has 2 aromatic heterocycles. The van der Waals surface area contributed by atoms with Crippen molar-refractivity contribution in [1.82, 2.24) is 24.3 Å². The third-order valence-corrected chi connectivity index (χ3v) is 5.43. The zero-order valence-electron chi connectivity index (χ0n) is 16.3. The maximum absolute atomic E-state index is 13.0. The van der Waals surface area contributed by atoms with Crippen LogP contribution in [0.15, 0.2) is 23.1 Å². The summed E-state index contributed by atoms with van der Waals surface area (Å²) in [7, 11) is 0. The van der Waals surface area contributed by atoms with Crippen LogP contribution in [-0.2, 0) is 6.54 Å². The quantitative estimate of drug-likeness (QED) is 0.796. The second kappa shape index (κ2) is 8.73. The van der Waals surface area contributed by atoms with Gasteiger partial charge in [-0.1, -0.05) is 20.3 Å². The van der Waals surface area contributed by atoms with Crippen LogP contribution >= 0.6 is 0 Å². The van der Waals surface area contributed by atoms with Crippen LogP contribution in [0.4, 0.5) is 0 Å². The predicted octanol–water partition coefficient (Wildman–Crippen LogP) is 2.68. The van der Waals surface area contributed by atoms with Gasteiger partial charge in [-0.3, -0.25) is 14.3 Å². The van der Waals surface area contributed by atoms with E-state index in [4.69, 9.17) is 4.98 Å². The molecule has 26 heavy (non-hydrogen) atoms. The van der Waals surface area contributed by atoms with Gasteiger partial charge in [-0.05, 0) is 45.0 Å². The molecule has 0 amide bonds. The van der Waals surface area contributed by atoms with E-state index in [9.17, 15) is 4.79 Å². The van der Waals surface area contributed by atoms with E-state index in [1.54, 1.807) is 6.20 Å². The number of likely N-dealkylation sites (N-methyl/N-ethyl adjacent to an activating group) is 1. The molecule has 3 rings (SSSR count). The Labute approximate surface area is 155 Å². The van der Waals surface area contributed by atoms with E-state index < -0.39 is 0 Å². The van der Waals surface area contributed by atoms with Crippen LogP contribution in [0.3, 0.4) is 0 Å². The largest absolute Gasteiger partial charge is 0.302 e. The highest BCUT2D eigenvalue weighted by atomic mass is 16.1. The first kappa shape index (κ1) is 19.0. The molecule has 1 aliphatic rings. The Balaban J connectivity index is 2.03. The molecule has 1 fully saturated rings. The molecule has 1 atom stereocenters. The summed E-state index contributed by atoms with van der Waals surface area (Å²) in [6, 6.07) is 3.95. The Morgan fingerprint density at radius 2 is 1.96 bits per heavy atom. The molecule has 6 nitrogen and oxygen atoms in total. The van der Waals surface area contributed by atoms with E-state index >= 15 is 0 Å². The van der Waals surface area contributed by atoms with Crippen molar-refractivity contribution in [3.05, 3.63) is 34.5 Å². The molecule has 142 valence electrons. The van der Waals surface area contributed by atoms with Crippen LogP contribution in [-0.4, -0.2) is 57.1 Å². The van der Waals surface area contributed by atoms with Gasteiger partial charge in [0.25, 0.3) is 5.56 Å². The normalized spacial score (nSPS) is 18.1. The maximum Gasteiger partial charge on any atom is 0.280 e. The average molecular weight is 358 g/mol. The van der Waals surface area contributed by atoms with Gasteiger partial charge in [-0.25, -0.2) is 9.97 Å². The molecule has 1 saturated heterocycles. The number of rotatable bonds is 6. The third-order valence-electron chi connectivity index (χ3n) is 5.43. The minimum atomic E-state index is -0.0146. The minimum Gasteiger partial charge on any atom is -0.302 e. The monoisotopic (exact) mass is 357 g/mol. The lowest BCUT2D eigenvalue weighted by Crippen LogP contribution is -2.37. The Kier molecular flexibility index (Phi) is 6.38. The second-order valence-electron chi connectivity index (χ2n) is 7.02. The summed E-state index contributed by atoms with van der Waals surface area (Å²) in [5.74, 6) is 0.907. The van der Waals surface area contributed by atoms with Crippen LogP contribution in [0.2, 0.25) is 0 Å². The zero-order valence-corrected chi connectivity index (χ0v) is 16.3. The van der Waals surface area contributed by atoms with Crippen LogP contribution in [0.1, 0.15) is 51.9 Å². The first-order valence-corrected chi connectivity index (χ1v) is 10.0. The zero-order chi connectivity index (χ0) is 18.5. The molecule has 0 radical (unpaired) electrons. The summed E-state index contributed by atoms with van der Waals surface area (Å²) in [6.45, 7) is 12.5. The van der Waals surface area contributed by atoms with E-state index in [0.717, 1.165) is 51.4 Å². The molecular weight excluding hydrogens is 326 g/mol. The summed E-state index contributed by atoms with van der Waals surface area (Å²) < 4.78 is 1.83. The highest BCUT2D eigenvalue weighted by Gasteiger charge is 2.27. The van der Waals surface area contributed by atoms with Gasteiger partial charge in [0.1, 0.15) is 5.82 Å². The van der Waals surface area contributed by atoms with Crippen LogP contribution in [0.25, 0.3) is 11.0 Å². The number of aromatic nitrogens is 3. The summed E-state index contributed by atoms with van der Waals surface area (Å²) in [4.78, 5) is 27.2. The number of hydrogen-bond donors (Lipinski definition) is 0. The van der Waals surface area contributed by atoms with Crippen molar-refractivity contribution in [2.24, 2.45) is 0 Å². The fraction of sp³-hybridized carbons (Fsp3) is 0.650. The number of nitrogens with zero attached hydrogens (tertiary/aromatic N) is 5. The number of fused-ring (bicyclic) bond motifs is 1. The number of pyridine rings is 1. The van der Waals surface area contributed by atoms with Gasteiger partial charge in [0, 0.05) is 32.4 Å². The Morgan fingerprint density at radius 3 is 2.69 bits per heavy atom. The van der Waals surface area contributed by atoms with Crippen molar-refractivity contribution in [1.29, 1.82) is 0 Å². The van der Waals surface area contributed by atoms with Crippen LogP contribution < -0.4 is 5.56 Å². The molecule has 0 N–H and O–H groups in total. The molecule has 0 aliphatic carbocycles. The highest BCUT2D eigenvalue weighted by molar-refractivity contribution is 5.72. The molecule has 3 heterocycles. The Bertz CT molecular complexity index is 787. The predicted molar refractivity (Wildman–Crippen MR) is 105 cm³/mol. The lowest BCUT2D eigenvalue weighted by molar-refractivity contribution is 0.177. The molecule has 0 bridgehead atoms. The summed E-state index contributed by atoms with van der Waals surface area (Å²) in [5.41, 5.74) is 1.17.